The van der Waals surface area contributed by atoms with Gasteiger partial charge in [0.05, 0.1) is 71.6 Å². The summed E-state index contributed by atoms with van der Waals surface area (Å²) in [6.07, 6.45) is 9.39. The van der Waals surface area contributed by atoms with Gasteiger partial charge in [-0.05, 0) is 112 Å². The van der Waals surface area contributed by atoms with Crippen LogP contribution in [0.1, 0.15) is 69.0 Å². The number of nitrogen functional groups attached to an aromatic ring is 2. The summed E-state index contributed by atoms with van der Waals surface area (Å²) < 4.78 is 89.0. The normalized spacial score (nSPS) is 13.7. The van der Waals surface area contributed by atoms with Crippen molar-refractivity contribution in [2.45, 2.75) is 68.8 Å². The molecular formula is C63H64Cl2F2N12O7S2. The van der Waals surface area contributed by atoms with Gasteiger partial charge < -0.3 is 37.4 Å². The maximum absolute atomic E-state index is 13.9. The Morgan fingerprint density at radius 3 is 1.45 bits per heavy atom. The largest absolute Gasteiger partial charge is 0.478 e. The quantitative estimate of drug-likeness (QED) is 0.0620. The minimum atomic E-state index is -3.88. The van der Waals surface area contributed by atoms with Crippen LogP contribution in [-0.4, -0.2) is 105 Å². The number of carbonyl (C=O) groups excluding carboxylic acids is 1. The van der Waals surface area contributed by atoms with Crippen LogP contribution in [0.2, 0.25) is 10.0 Å². The minimum absolute atomic E-state index is 0. The first-order valence-electron chi connectivity index (χ1n) is 28.0. The Balaban J connectivity index is 0.000000192. The maximum Gasteiger partial charge on any atom is 0.335 e. The zero-order chi connectivity index (χ0) is 62.7. The number of carboxylic acids is 1. The van der Waals surface area contributed by atoms with Crippen LogP contribution in [0.25, 0.3) is 44.3 Å². The third-order valence-electron chi connectivity index (χ3n) is 14.2. The predicted octanol–water partition coefficient (Wildman–Crippen LogP) is 12.3. The molecule has 6 heterocycles. The molecule has 10 aromatic rings. The van der Waals surface area contributed by atoms with Gasteiger partial charge in [0.2, 0.25) is 11.9 Å². The van der Waals surface area contributed by atoms with Crippen LogP contribution in [0.3, 0.4) is 0 Å². The zero-order valence-corrected chi connectivity index (χ0v) is 49.8. The molecule has 0 spiro atoms. The Morgan fingerprint density at radius 2 is 1.02 bits per heavy atom. The van der Waals surface area contributed by atoms with E-state index in [0.29, 0.717) is 88.7 Å². The van der Waals surface area contributed by atoms with Crippen molar-refractivity contribution >= 4 is 100 Å². The lowest BCUT2D eigenvalue weighted by molar-refractivity contribution is 0.0693. The molecule has 0 aliphatic carbocycles. The van der Waals surface area contributed by atoms with Gasteiger partial charge in [-0.15, -0.1) is 0 Å². The molecule has 2 aliphatic rings. The number of rotatable bonds is 12. The second-order valence-corrected chi connectivity index (χ2v) is 24.2. The number of aromatic carboxylic acids is 1. The van der Waals surface area contributed by atoms with Crippen molar-refractivity contribution in [2.24, 2.45) is 0 Å². The Morgan fingerprint density at radius 1 is 0.625 bits per heavy atom. The lowest BCUT2D eigenvalue weighted by atomic mass is 10.0. The number of halogens is 4. The van der Waals surface area contributed by atoms with Gasteiger partial charge >= 0.3 is 5.97 Å². The van der Waals surface area contributed by atoms with Crippen LogP contribution in [0.15, 0.2) is 180 Å². The molecule has 0 bridgehead atoms. The van der Waals surface area contributed by atoms with Crippen LogP contribution >= 0.6 is 23.2 Å². The summed E-state index contributed by atoms with van der Waals surface area (Å²) in [7, 11) is -7.67. The SMILES string of the molecule is C.Nc1ccc(C(=O)N2CCC(Nc3ncc(Cl)c(-c4cn(S(=O)(=O)c5ccccc5)c5ccccc45)n3)CC2)cc1F.Nc1ccc(C(=O)O)cc1F.O=S(=O)(c1ccccc1)n1cc(-c2nc(NC3CCNCC3)ncc2Cl)c2ccccc21.[2H]CC. The standard InChI is InChI=1S/C30H26ClFN6O3S.C23H22ClN5O2S.C7H6FNO2.C2H6.CH4/c31-24-17-34-30(35-20-12-14-37(15-13-20)29(39)19-10-11-26(33)25(32)16-19)36-28(24)23-18-38(27-9-5-4-8-22(23)27)42(40,41)21-6-2-1-3-7-21;24-20-14-26-23(27-16-10-12-25-13-11-16)28-22(20)19-15-29(21-9-5-4-8-18(19)21)32(30,31)17-6-2-1-3-7-17;8-5-3-4(7(10)11)1-2-6(5)9;1-2;/h1-11,16-18,20H,12-15,33H2,(H,34,35,36);1-9,14-16,25H,10-13H2,(H,26,27,28);1-3H,9H2,(H,10,11);1-2H3;1H4/i;;;1D;. The Kier molecular flexibility index (Phi) is 20.7. The van der Waals surface area contributed by atoms with Gasteiger partial charge in [-0.2, -0.15) is 0 Å². The fraction of sp³-hybridized carbons (Fsp3) is 0.206. The second kappa shape index (κ2) is 28.7. The molecule has 0 unspecified atom stereocenters. The summed E-state index contributed by atoms with van der Waals surface area (Å²) in [4.78, 5) is 43.2. The van der Waals surface area contributed by atoms with Gasteiger partial charge in [0.1, 0.15) is 11.6 Å². The molecule has 2 fully saturated rings. The zero-order valence-electron chi connectivity index (χ0n) is 47.7. The molecule has 0 radical (unpaired) electrons. The summed E-state index contributed by atoms with van der Waals surface area (Å²) >= 11 is 13.1. The van der Waals surface area contributed by atoms with Crippen molar-refractivity contribution in [3.63, 3.8) is 0 Å². The van der Waals surface area contributed by atoms with Gasteiger partial charge in [-0.1, -0.05) is 117 Å². The molecule has 458 valence electrons. The third-order valence-corrected chi connectivity index (χ3v) is 18.2. The fourth-order valence-electron chi connectivity index (χ4n) is 9.80. The number of nitrogens with one attached hydrogen (secondary N) is 3. The fourth-order valence-corrected chi connectivity index (χ4v) is 13.0. The van der Waals surface area contributed by atoms with Crippen molar-refractivity contribution in [1.82, 2.24) is 38.1 Å². The lowest BCUT2D eigenvalue weighted by Gasteiger charge is -2.32. The highest BCUT2D eigenvalue weighted by atomic mass is 35.5. The minimum Gasteiger partial charge on any atom is -0.478 e. The smallest absolute Gasteiger partial charge is 0.335 e. The van der Waals surface area contributed by atoms with Gasteiger partial charge in [-0.25, -0.2) is 58.3 Å². The van der Waals surface area contributed by atoms with E-state index in [9.17, 15) is 35.2 Å². The van der Waals surface area contributed by atoms with E-state index in [1.54, 1.807) is 103 Å². The van der Waals surface area contributed by atoms with Crippen LogP contribution in [0.5, 0.6) is 0 Å². The summed E-state index contributed by atoms with van der Waals surface area (Å²) in [5, 5.41) is 20.5. The van der Waals surface area contributed by atoms with Gasteiger partial charge in [0.25, 0.3) is 26.0 Å². The number of aromatic nitrogens is 6. The third kappa shape index (κ3) is 14.5. The van der Waals surface area contributed by atoms with Crippen LogP contribution in [0.4, 0.5) is 32.1 Å². The molecule has 0 atom stereocenters. The number of piperidine rings is 2. The number of hydrogen-bond acceptors (Lipinski definition) is 15. The van der Waals surface area contributed by atoms with Crippen molar-refractivity contribution in [2.75, 3.05) is 48.3 Å². The summed E-state index contributed by atoms with van der Waals surface area (Å²) in [5.74, 6) is -1.91. The monoisotopic (exact) mass is 1270 g/mol. The molecule has 4 aromatic heterocycles. The first-order chi connectivity index (χ1) is 42.3. The number of benzene rings is 6. The molecule has 25 heteroatoms. The number of likely N-dealkylation sites (tertiary alicyclic amines) is 1. The molecule has 1 amide bonds. The van der Waals surface area contributed by atoms with Crippen LogP contribution in [-0.2, 0) is 20.0 Å². The number of hydrogen-bond donors (Lipinski definition) is 6. The van der Waals surface area contributed by atoms with E-state index in [4.69, 9.17) is 41.1 Å². The molecule has 6 aromatic carbocycles. The topological polar surface area (TPSA) is 275 Å². The number of fused-ring (bicyclic) bond motifs is 2. The number of nitrogens with two attached hydrogens (primary N) is 2. The Labute approximate surface area is 519 Å². The average Bonchev–Trinajstić information content (AvgIpc) is 1.64. The van der Waals surface area contributed by atoms with Gasteiger partial charge in [0, 0.05) is 66.4 Å². The first kappa shape index (κ1) is 63.5. The van der Waals surface area contributed by atoms with E-state index in [2.05, 4.69) is 35.9 Å². The van der Waals surface area contributed by atoms with Crippen molar-refractivity contribution in [1.29, 1.82) is 0 Å². The lowest BCUT2D eigenvalue weighted by Crippen LogP contribution is -2.42. The predicted molar refractivity (Wildman–Crippen MR) is 343 cm³/mol. The van der Waals surface area contributed by atoms with E-state index in [-0.39, 0.29) is 62.7 Å². The Bertz CT molecular complexity index is 4370. The maximum atomic E-state index is 13.9. The molecule has 0 saturated carbocycles. The van der Waals surface area contributed by atoms with Crippen LogP contribution in [0, 0.1) is 11.6 Å². The first-order valence-corrected chi connectivity index (χ1v) is 31.0. The molecule has 8 N–H and O–H groups in total. The van der Waals surface area contributed by atoms with E-state index in [0.717, 1.165) is 43.5 Å². The van der Waals surface area contributed by atoms with E-state index < -0.39 is 37.7 Å². The number of nitrogens with zero attached hydrogens (tertiary/aromatic N) is 7. The van der Waals surface area contributed by atoms with Crippen molar-refractivity contribution in [3.05, 3.63) is 203 Å². The van der Waals surface area contributed by atoms with E-state index in [1.807, 2.05) is 30.3 Å². The molecule has 12 rings (SSSR count). The number of carbonyl (C=O) groups is 2. The van der Waals surface area contributed by atoms with Crippen molar-refractivity contribution in [3.8, 4) is 22.5 Å². The molecule has 88 heavy (non-hydrogen) atoms. The molecule has 2 aliphatic heterocycles. The number of anilines is 4. The molecule has 2 saturated heterocycles. The summed E-state index contributed by atoms with van der Waals surface area (Å²) in [6, 6.07) is 38.8. The van der Waals surface area contributed by atoms with E-state index in [1.165, 1.54) is 44.6 Å². The molecular weight excluding hydrogens is 1210 g/mol. The number of carboxylic acid groups (broad SMARTS) is 1. The summed E-state index contributed by atoms with van der Waals surface area (Å²) in [5.41, 5.74) is 13.9. The van der Waals surface area contributed by atoms with Gasteiger partial charge in [-0.3, -0.25) is 4.79 Å². The highest BCUT2D eigenvalue weighted by molar-refractivity contribution is 7.90. The highest BCUT2D eigenvalue weighted by Gasteiger charge is 2.28. The van der Waals surface area contributed by atoms with Crippen LogP contribution < -0.4 is 27.4 Å². The average molecular weight is 1280 g/mol. The van der Waals surface area contributed by atoms with E-state index >= 15 is 0 Å². The number of para-hydroxylation sites is 2. The molecule has 19 nitrogen and oxygen atoms in total. The van der Waals surface area contributed by atoms with Crippen molar-refractivity contribution < 1.29 is 41.7 Å². The number of amides is 1. The highest BCUT2D eigenvalue weighted by Crippen LogP contribution is 2.38. The second-order valence-electron chi connectivity index (χ2n) is 19.8. The summed E-state index contributed by atoms with van der Waals surface area (Å²) in [6.45, 7) is 5.12. The van der Waals surface area contributed by atoms with Gasteiger partial charge in [0.15, 0.2) is 0 Å². The Hall–Kier alpha value is -9.00.